The molecule has 3 nitrogen and oxygen atoms in total. The molecule has 2 unspecified atom stereocenters. The molecule has 0 radical (unpaired) electrons. The summed E-state index contributed by atoms with van der Waals surface area (Å²) in [7, 11) is 1.78. The van der Waals surface area contributed by atoms with Crippen LogP contribution in [0, 0.1) is 0 Å². The van der Waals surface area contributed by atoms with Crippen LogP contribution in [0.5, 0.6) is 0 Å². The number of halogens is 1. The van der Waals surface area contributed by atoms with Gasteiger partial charge in [-0.15, -0.1) is 11.6 Å². The van der Waals surface area contributed by atoms with Gasteiger partial charge in [0.15, 0.2) is 0 Å². The molecular formula is C8H14ClNO2. The Labute approximate surface area is 77.6 Å². The molecule has 0 N–H and O–H groups in total. The van der Waals surface area contributed by atoms with E-state index in [-0.39, 0.29) is 23.9 Å². The van der Waals surface area contributed by atoms with Crippen LogP contribution < -0.4 is 0 Å². The van der Waals surface area contributed by atoms with Crippen molar-refractivity contribution >= 4 is 17.5 Å². The average molecular weight is 192 g/mol. The number of hydrogen-bond donors (Lipinski definition) is 0. The maximum absolute atomic E-state index is 11.2. The standard InChI is InChI=1S/C8H14ClNO2/c1-6-7(3-4-12-6)10(2)8(11)5-9/h6-7H,3-5H2,1-2H3. The van der Waals surface area contributed by atoms with Crippen molar-refractivity contribution in [1.29, 1.82) is 0 Å². The molecule has 0 aromatic carbocycles. The lowest BCUT2D eigenvalue weighted by Gasteiger charge is -2.25. The molecule has 4 heteroatoms. The first-order chi connectivity index (χ1) is 5.66. The van der Waals surface area contributed by atoms with Gasteiger partial charge in [0.1, 0.15) is 5.88 Å². The number of likely N-dealkylation sites (N-methyl/N-ethyl adjacent to an activating group) is 1. The molecule has 1 saturated heterocycles. The highest BCUT2D eigenvalue weighted by Crippen LogP contribution is 2.18. The van der Waals surface area contributed by atoms with E-state index in [0.717, 1.165) is 13.0 Å². The minimum Gasteiger partial charge on any atom is -0.376 e. The smallest absolute Gasteiger partial charge is 0.237 e. The fourth-order valence-electron chi connectivity index (χ4n) is 1.51. The zero-order chi connectivity index (χ0) is 9.14. The highest BCUT2D eigenvalue weighted by Gasteiger charge is 2.29. The summed E-state index contributed by atoms with van der Waals surface area (Å²) in [5.74, 6) is 0.0266. The lowest BCUT2D eigenvalue weighted by atomic mass is 10.1. The number of alkyl halides is 1. The van der Waals surface area contributed by atoms with Gasteiger partial charge in [-0.3, -0.25) is 4.79 Å². The highest BCUT2D eigenvalue weighted by atomic mass is 35.5. The van der Waals surface area contributed by atoms with Gasteiger partial charge in [-0.05, 0) is 13.3 Å². The van der Waals surface area contributed by atoms with Crippen LogP contribution in [0.1, 0.15) is 13.3 Å². The van der Waals surface area contributed by atoms with Gasteiger partial charge in [-0.1, -0.05) is 0 Å². The van der Waals surface area contributed by atoms with Crippen molar-refractivity contribution in [2.45, 2.75) is 25.5 Å². The van der Waals surface area contributed by atoms with Crippen molar-refractivity contribution in [3.05, 3.63) is 0 Å². The predicted octanol–water partition coefficient (Wildman–Crippen LogP) is 0.861. The first kappa shape index (κ1) is 9.81. The molecule has 1 aliphatic heterocycles. The maximum atomic E-state index is 11.2. The zero-order valence-corrected chi connectivity index (χ0v) is 8.17. The second-order valence-electron chi connectivity index (χ2n) is 3.07. The summed E-state index contributed by atoms with van der Waals surface area (Å²) in [5, 5.41) is 0. The van der Waals surface area contributed by atoms with Gasteiger partial charge in [0.2, 0.25) is 5.91 Å². The molecule has 1 fully saturated rings. The van der Waals surface area contributed by atoms with Crippen LogP contribution in [0.2, 0.25) is 0 Å². The van der Waals surface area contributed by atoms with Gasteiger partial charge in [0.25, 0.3) is 0 Å². The molecule has 1 amide bonds. The topological polar surface area (TPSA) is 29.5 Å². The van der Waals surface area contributed by atoms with Gasteiger partial charge in [-0.25, -0.2) is 0 Å². The summed E-state index contributed by atoms with van der Waals surface area (Å²) < 4.78 is 5.34. The highest BCUT2D eigenvalue weighted by molar-refractivity contribution is 6.27. The Morgan fingerprint density at radius 3 is 2.83 bits per heavy atom. The molecule has 1 aliphatic rings. The maximum Gasteiger partial charge on any atom is 0.237 e. The van der Waals surface area contributed by atoms with E-state index >= 15 is 0 Å². The number of hydrogen-bond acceptors (Lipinski definition) is 2. The Bertz CT molecular complexity index is 174. The normalized spacial score (nSPS) is 28.9. The Morgan fingerprint density at radius 2 is 2.42 bits per heavy atom. The van der Waals surface area contributed by atoms with Gasteiger partial charge in [0, 0.05) is 13.7 Å². The fourth-order valence-corrected chi connectivity index (χ4v) is 1.70. The Hall–Kier alpha value is -0.280. The van der Waals surface area contributed by atoms with E-state index in [1.54, 1.807) is 11.9 Å². The molecule has 0 saturated carbocycles. The van der Waals surface area contributed by atoms with E-state index in [1.807, 2.05) is 6.92 Å². The molecule has 0 spiro atoms. The molecule has 0 aromatic heterocycles. The van der Waals surface area contributed by atoms with Crippen molar-refractivity contribution in [3.8, 4) is 0 Å². The first-order valence-electron chi connectivity index (χ1n) is 4.10. The molecule has 12 heavy (non-hydrogen) atoms. The molecule has 1 rings (SSSR count). The average Bonchev–Trinajstić information content (AvgIpc) is 2.48. The van der Waals surface area contributed by atoms with E-state index in [9.17, 15) is 4.79 Å². The van der Waals surface area contributed by atoms with Gasteiger partial charge < -0.3 is 9.64 Å². The summed E-state index contributed by atoms with van der Waals surface area (Å²) in [5.41, 5.74) is 0. The second-order valence-corrected chi connectivity index (χ2v) is 3.34. The van der Waals surface area contributed by atoms with Crippen LogP contribution >= 0.6 is 11.6 Å². The largest absolute Gasteiger partial charge is 0.376 e. The number of ether oxygens (including phenoxy) is 1. The van der Waals surface area contributed by atoms with Gasteiger partial charge in [0.05, 0.1) is 12.1 Å². The van der Waals surface area contributed by atoms with Crippen LogP contribution in [0.4, 0.5) is 0 Å². The lowest BCUT2D eigenvalue weighted by Crippen LogP contribution is -2.41. The number of amides is 1. The number of nitrogens with zero attached hydrogens (tertiary/aromatic N) is 1. The van der Waals surface area contributed by atoms with E-state index < -0.39 is 0 Å². The zero-order valence-electron chi connectivity index (χ0n) is 7.42. The molecule has 2 atom stereocenters. The summed E-state index contributed by atoms with van der Waals surface area (Å²) in [6, 6.07) is 0.205. The lowest BCUT2D eigenvalue weighted by molar-refractivity contribution is -0.130. The quantitative estimate of drug-likeness (QED) is 0.606. The SMILES string of the molecule is CC1OCCC1N(C)C(=O)CCl. The van der Waals surface area contributed by atoms with Crippen LogP contribution in [0.3, 0.4) is 0 Å². The molecule has 1 heterocycles. The van der Waals surface area contributed by atoms with Crippen molar-refractivity contribution in [1.82, 2.24) is 4.90 Å². The molecule has 0 aliphatic carbocycles. The van der Waals surface area contributed by atoms with Crippen LogP contribution in [-0.2, 0) is 9.53 Å². The number of rotatable bonds is 2. The third-order valence-electron chi connectivity index (χ3n) is 2.34. The van der Waals surface area contributed by atoms with E-state index in [0.29, 0.717) is 0 Å². The summed E-state index contributed by atoms with van der Waals surface area (Å²) in [6.07, 6.45) is 1.06. The Balaban J connectivity index is 2.51. The molecule has 0 aromatic rings. The van der Waals surface area contributed by atoms with Crippen molar-refractivity contribution in [3.63, 3.8) is 0 Å². The molecule has 0 bridgehead atoms. The fraction of sp³-hybridized carbons (Fsp3) is 0.875. The number of carbonyl (C=O) groups is 1. The van der Waals surface area contributed by atoms with Gasteiger partial charge >= 0.3 is 0 Å². The minimum atomic E-state index is -0.0287. The van der Waals surface area contributed by atoms with Crippen molar-refractivity contribution in [2.24, 2.45) is 0 Å². The predicted molar refractivity (Wildman–Crippen MR) is 47.3 cm³/mol. The monoisotopic (exact) mass is 191 g/mol. The third-order valence-corrected chi connectivity index (χ3v) is 2.57. The summed E-state index contributed by atoms with van der Waals surface area (Å²) in [6.45, 7) is 2.72. The summed E-state index contributed by atoms with van der Waals surface area (Å²) in [4.78, 5) is 12.9. The Morgan fingerprint density at radius 1 is 1.75 bits per heavy atom. The van der Waals surface area contributed by atoms with Crippen molar-refractivity contribution in [2.75, 3.05) is 19.5 Å². The number of carbonyl (C=O) groups excluding carboxylic acids is 1. The van der Waals surface area contributed by atoms with E-state index in [2.05, 4.69) is 0 Å². The molecular weight excluding hydrogens is 178 g/mol. The molecule has 70 valence electrons. The van der Waals surface area contributed by atoms with E-state index in [4.69, 9.17) is 16.3 Å². The second kappa shape index (κ2) is 4.10. The van der Waals surface area contributed by atoms with Crippen LogP contribution in [0.25, 0.3) is 0 Å². The van der Waals surface area contributed by atoms with Crippen LogP contribution in [-0.4, -0.2) is 42.5 Å². The van der Waals surface area contributed by atoms with Crippen LogP contribution in [0.15, 0.2) is 0 Å². The Kier molecular flexibility index (Phi) is 3.35. The van der Waals surface area contributed by atoms with E-state index in [1.165, 1.54) is 0 Å². The third kappa shape index (κ3) is 1.90. The summed E-state index contributed by atoms with van der Waals surface area (Å²) >= 11 is 5.44. The minimum absolute atomic E-state index is 0.0287. The van der Waals surface area contributed by atoms with Gasteiger partial charge in [-0.2, -0.15) is 0 Å². The first-order valence-corrected chi connectivity index (χ1v) is 4.63. The van der Waals surface area contributed by atoms with Crippen molar-refractivity contribution < 1.29 is 9.53 Å².